The fourth-order valence-corrected chi connectivity index (χ4v) is 13.6. The summed E-state index contributed by atoms with van der Waals surface area (Å²) in [6.07, 6.45) is 29.6. The fraction of sp³-hybridized carbons (Fsp3) is 0.480. The molecular formula is C100H128O28. The van der Waals surface area contributed by atoms with Gasteiger partial charge in [0.05, 0.1) is 50.7 Å². The molecule has 0 amide bonds. The number of rotatable bonds is 60. The third-order valence-electron chi connectivity index (χ3n) is 20.2. The van der Waals surface area contributed by atoms with Crippen LogP contribution >= 0.6 is 0 Å². The van der Waals surface area contributed by atoms with E-state index < -0.39 is 98.1 Å². The zero-order valence-electron chi connectivity index (χ0n) is 75.8. The van der Waals surface area contributed by atoms with E-state index in [9.17, 15) is 57.5 Å². The Morgan fingerprint density at radius 1 is 0.242 bits per heavy atom. The number of hydrogen-bond acceptors (Lipinski definition) is 28. The summed E-state index contributed by atoms with van der Waals surface area (Å²) < 4.78 is 90.6. The number of carbonyl (C=O) groups excluding carboxylic acids is 12. The molecule has 128 heavy (non-hydrogen) atoms. The third-order valence-corrected chi connectivity index (χ3v) is 20.2. The molecule has 0 heterocycles. The van der Waals surface area contributed by atoms with Crippen molar-refractivity contribution in [1.29, 1.82) is 0 Å². The Morgan fingerprint density at radius 2 is 0.414 bits per heavy atom. The Balaban J connectivity index is 1.91. The fourth-order valence-electron chi connectivity index (χ4n) is 13.6. The van der Waals surface area contributed by atoms with Crippen LogP contribution in [-0.4, -0.2) is 179 Å². The minimum absolute atomic E-state index is 0.149. The predicted molar refractivity (Wildman–Crippen MR) is 478 cm³/mol. The second kappa shape index (κ2) is 61.1. The molecule has 0 aliphatic heterocycles. The van der Waals surface area contributed by atoms with Gasteiger partial charge in [-0.25, -0.2) is 57.5 Å². The summed E-state index contributed by atoms with van der Waals surface area (Å²) in [6, 6.07) is 17.0. The molecule has 28 heteroatoms. The van der Waals surface area contributed by atoms with Gasteiger partial charge < -0.3 is 75.8 Å². The van der Waals surface area contributed by atoms with Crippen molar-refractivity contribution >= 4 is 71.6 Å². The van der Waals surface area contributed by atoms with Crippen molar-refractivity contribution < 1.29 is 133 Å². The molecule has 0 saturated heterocycles. The number of esters is 12. The van der Waals surface area contributed by atoms with E-state index in [2.05, 4.69) is 121 Å². The zero-order chi connectivity index (χ0) is 93.4. The van der Waals surface area contributed by atoms with Gasteiger partial charge in [0, 0.05) is 74.3 Å². The van der Waals surface area contributed by atoms with Crippen molar-refractivity contribution in [3.05, 3.63) is 213 Å². The molecule has 0 fully saturated rings. The highest BCUT2D eigenvalue weighted by Crippen LogP contribution is 2.42. The standard InChI is InChI=1S/C100H128O28/c1-13-17-21-25-29-33-73-53-77-61-79-55-74(34-30-26-22-18-14-2)57-81(94(79)118-46-50-122-98(110)70(6)66-126-90(106)42-38-86(102)114-10)63-83-59-76(36-32-28-24-20-16-4)60-84(96(83)120-48-52-124-100(112)72(8)68-128-92(108)44-40-88(104)116-12)64-82-58-75(35-31-27-23-19-15-3)56-80(95(82)119-47-51-123-99(111)71(7)67-127-91(107)43-39-87(103)115-11)62-78(54-73)93(77)117-45-49-121-97(109)69(5)65-125-89(105)41-37-85(101)113-9/h37-44,53-60H,5-8,13-36,45-52,61-68H2,1-4,9-12H3/b41-37-,42-38-,43-39-,44-40-. The van der Waals surface area contributed by atoms with Gasteiger partial charge in [-0.05, 0) is 118 Å². The van der Waals surface area contributed by atoms with Gasteiger partial charge >= 0.3 is 71.6 Å². The summed E-state index contributed by atoms with van der Waals surface area (Å²) in [4.78, 5) is 152. The summed E-state index contributed by atoms with van der Waals surface area (Å²) in [6.45, 7) is 19.5. The SMILES string of the molecule is C=C(COC(=O)/C=C\C(=O)OC)C(=O)OCCOc1c2cc(CCCCCCC)cc1Cc1cc(CCCCCCC)cc(c1OCCOC(=O)C(=C)COC(=O)/C=C\C(=O)OC)Cc1cc(CCCCCCC)cc(c1OCCOC(=O)C(=C)COC(=O)/C=C\C(=O)OC)Cc1cc(CCCCCCC)cc(c1OCCOC(=O)C(=C)COC(=O)/C=C\C(=O)OC)C2. The van der Waals surface area contributed by atoms with E-state index in [0.717, 1.165) is 228 Å². The second-order valence-corrected chi connectivity index (χ2v) is 30.5. The van der Waals surface area contributed by atoms with Crippen molar-refractivity contribution in [3.8, 4) is 23.0 Å². The molecule has 0 aromatic heterocycles. The first kappa shape index (κ1) is 106. The summed E-state index contributed by atoms with van der Waals surface area (Å²) in [7, 11) is 4.59. The molecule has 8 bridgehead atoms. The Hall–Kier alpha value is -12.4. The normalized spacial score (nSPS) is 11.6. The maximum Gasteiger partial charge on any atom is 0.337 e. The van der Waals surface area contributed by atoms with Crippen molar-refractivity contribution in [2.24, 2.45) is 0 Å². The summed E-state index contributed by atoms with van der Waals surface area (Å²) in [5, 5.41) is 0. The molecule has 0 saturated carbocycles. The maximum atomic E-state index is 13.7. The number of benzene rings is 4. The number of aryl methyl sites for hydroxylation is 4. The van der Waals surface area contributed by atoms with E-state index >= 15 is 0 Å². The molecule has 28 nitrogen and oxygen atoms in total. The second-order valence-electron chi connectivity index (χ2n) is 30.5. The van der Waals surface area contributed by atoms with Gasteiger partial charge in [0.15, 0.2) is 0 Å². The molecule has 0 unspecified atom stereocenters. The number of unbranched alkanes of at least 4 members (excludes halogenated alkanes) is 16. The van der Waals surface area contributed by atoms with Gasteiger partial charge in [-0.15, -0.1) is 0 Å². The van der Waals surface area contributed by atoms with E-state index in [1.54, 1.807) is 0 Å². The Labute approximate surface area is 752 Å². The smallest absolute Gasteiger partial charge is 0.337 e. The van der Waals surface area contributed by atoms with E-state index in [4.69, 9.17) is 56.8 Å². The van der Waals surface area contributed by atoms with Crippen molar-refractivity contribution in [1.82, 2.24) is 0 Å². The molecular weight excluding hydrogens is 1650 g/mol. The van der Waals surface area contributed by atoms with Gasteiger partial charge in [0.25, 0.3) is 0 Å². The van der Waals surface area contributed by atoms with Crippen molar-refractivity contribution in [3.63, 3.8) is 0 Å². The van der Waals surface area contributed by atoms with Gasteiger partial charge in [-0.3, -0.25) is 0 Å². The van der Waals surface area contributed by atoms with Crippen LogP contribution in [0.15, 0.2) is 146 Å². The van der Waals surface area contributed by atoms with E-state index in [1.165, 1.54) is 0 Å². The van der Waals surface area contributed by atoms with Crippen LogP contribution in [0.2, 0.25) is 0 Å². The molecule has 5 rings (SSSR count). The minimum Gasteiger partial charge on any atom is -0.489 e. The lowest BCUT2D eigenvalue weighted by Gasteiger charge is -2.25. The predicted octanol–water partition coefficient (Wildman–Crippen LogP) is 15.4. The number of fused-ring (bicyclic) bond motifs is 8. The van der Waals surface area contributed by atoms with Crippen LogP contribution in [0, 0.1) is 0 Å². The van der Waals surface area contributed by atoms with E-state index in [-0.39, 0.29) is 101 Å². The molecule has 1 aliphatic rings. The highest BCUT2D eigenvalue weighted by Gasteiger charge is 2.27. The Morgan fingerprint density at radius 3 is 0.586 bits per heavy atom. The quantitative estimate of drug-likeness (QED) is 0.0151. The average Bonchev–Trinajstić information content (AvgIpc) is 0.773. The van der Waals surface area contributed by atoms with Gasteiger partial charge in [0.2, 0.25) is 0 Å². The molecule has 4 aromatic rings. The average molecular weight is 1780 g/mol. The summed E-state index contributed by atoms with van der Waals surface area (Å²) >= 11 is 0. The molecule has 0 radical (unpaired) electrons. The van der Waals surface area contributed by atoms with Crippen LogP contribution in [0.1, 0.15) is 223 Å². The van der Waals surface area contributed by atoms with Crippen LogP contribution in [0.25, 0.3) is 0 Å². The zero-order valence-corrected chi connectivity index (χ0v) is 75.8. The number of ether oxygens (including phenoxy) is 16. The molecule has 1 aliphatic carbocycles. The highest BCUT2D eigenvalue weighted by atomic mass is 16.6. The molecule has 0 spiro atoms. The number of carbonyl (C=O) groups is 12. The van der Waals surface area contributed by atoms with E-state index in [1.807, 2.05) is 0 Å². The van der Waals surface area contributed by atoms with E-state index in [0.29, 0.717) is 93.2 Å². The maximum absolute atomic E-state index is 13.7. The molecule has 0 N–H and O–H groups in total. The van der Waals surface area contributed by atoms with Gasteiger partial charge in [-0.2, -0.15) is 0 Å². The van der Waals surface area contributed by atoms with Gasteiger partial charge in [0.1, 0.15) is 102 Å². The lowest BCUT2D eigenvalue weighted by atomic mass is 9.87. The van der Waals surface area contributed by atoms with Crippen LogP contribution in [-0.2, 0) is 166 Å². The first-order chi connectivity index (χ1) is 61.8. The largest absolute Gasteiger partial charge is 0.489 e. The highest BCUT2D eigenvalue weighted by molar-refractivity contribution is 5.95. The molecule has 696 valence electrons. The molecule has 0 atom stereocenters. The first-order valence-corrected chi connectivity index (χ1v) is 44.0. The number of hydrogen-bond donors (Lipinski definition) is 0. The van der Waals surface area contributed by atoms with Gasteiger partial charge in [-0.1, -0.05) is 205 Å². The molecule has 4 aromatic carbocycles. The Bertz CT molecular complexity index is 3890. The lowest BCUT2D eigenvalue weighted by Crippen LogP contribution is -2.19. The topological polar surface area (TPSA) is 353 Å². The third kappa shape index (κ3) is 41.0. The number of methoxy groups -OCH3 is 4. The monoisotopic (exact) mass is 1780 g/mol. The lowest BCUT2D eigenvalue weighted by molar-refractivity contribution is -0.144. The summed E-state index contributed by atoms with van der Waals surface area (Å²) in [5.74, 6) is -8.72. The summed E-state index contributed by atoms with van der Waals surface area (Å²) in [5.41, 5.74) is 8.82. The van der Waals surface area contributed by atoms with Crippen molar-refractivity contribution in [2.45, 2.75) is 207 Å². The first-order valence-electron chi connectivity index (χ1n) is 44.0. The minimum atomic E-state index is -0.935. The Kier molecular flexibility index (Phi) is 50.7. The van der Waals surface area contributed by atoms with Crippen LogP contribution in [0.3, 0.4) is 0 Å². The van der Waals surface area contributed by atoms with Crippen LogP contribution in [0.5, 0.6) is 23.0 Å². The van der Waals surface area contributed by atoms with Crippen molar-refractivity contribution in [2.75, 3.05) is 108 Å². The van der Waals surface area contributed by atoms with Crippen LogP contribution in [0.4, 0.5) is 0 Å². The van der Waals surface area contributed by atoms with Crippen LogP contribution < -0.4 is 18.9 Å².